The van der Waals surface area contributed by atoms with Gasteiger partial charge in [-0.1, -0.05) is 0 Å². The second-order valence-electron chi connectivity index (χ2n) is 6.09. The normalized spacial score (nSPS) is 12.1. The molecule has 152 valence electrons. The lowest BCUT2D eigenvalue weighted by Crippen LogP contribution is -2.26. The molecule has 0 radical (unpaired) electrons. The van der Waals surface area contributed by atoms with E-state index in [2.05, 4.69) is 19.7 Å². The van der Waals surface area contributed by atoms with E-state index in [9.17, 15) is 22.8 Å². The van der Waals surface area contributed by atoms with Crippen molar-refractivity contribution in [3.63, 3.8) is 0 Å². The molecule has 3 aromatic heterocycles. The van der Waals surface area contributed by atoms with Gasteiger partial charge in [0.1, 0.15) is 12.3 Å². The second-order valence-corrected chi connectivity index (χ2v) is 6.09. The van der Waals surface area contributed by atoms with Gasteiger partial charge in [-0.15, -0.1) is 0 Å². The zero-order chi connectivity index (χ0) is 21.0. The van der Waals surface area contributed by atoms with Crippen molar-refractivity contribution in [3.8, 4) is 11.1 Å². The highest BCUT2D eigenvalue weighted by Gasteiger charge is 2.27. The van der Waals surface area contributed by atoms with Crippen molar-refractivity contribution < 1.29 is 22.7 Å². The predicted octanol–water partition coefficient (Wildman–Crippen LogP) is 1.86. The summed E-state index contributed by atoms with van der Waals surface area (Å²) in [5.74, 6) is -0.590. The molecule has 0 bridgehead atoms. The summed E-state index contributed by atoms with van der Waals surface area (Å²) in [6.45, 7) is -1.76. The van der Waals surface area contributed by atoms with Gasteiger partial charge in [-0.25, -0.2) is 14.8 Å². The standard InChI is InChI=1S/C18H16F3N5O3/c19-18(20,21)10-29-4-3-26-9-13(8-25-17(26)28)12-5-14-11(1-2-15(22)27)6-23-16(14)24-7-12/h1-2,5-9H,3-4,10H2,(H2,22,27)(H,23,24)/b2-1+. The fourth-order valence-corrected chi connectivity index (χ4v) is 2.61. The number of primary amides is 1. The summed E-state index contributed by atoms with van der Waals surface area (Å²) in [5.41, 5.74) is 6.95. The second kappa shape index (κ2) is 8.27. The minimum absolute atomic E-state index is 0.0812. The van der Waals surface area contributed by atoms with E-state index >= 15 is 0 Å². The molecule has 29 heavy (non-hydrogen) atoms. The highest BCUT2D eigenvalue weighted by molar-refractivity contribution is 5.95. The van der Waals surface area contributed by atoms with E-state index in [0.29, 0.717) is 27.7 Å². The van der Waals surface area contributed by atoms with Crippen molar-refractivity contribution in [3.05, 3.63) is 53.0 Å². The Kier molecular flexibility index (Phi) is 5.78. The molecule has 3 N–H and O–H groups in total. The van der Waals surface area contributed by atoms with Gasteiger partial charge in [-0.3, -0.25) is 9.36 Å². The number of nitrogens with two attached hydrogens (primary N) is 1. The van der Waals surface area contributed by atoms with Crippen LogP contribution in [-0.4, -0.2) is 44.8 Å². The van der Waals surface area contributed by atoms with E-state index in [0.717, 1.165) is 0 Å². The smallest absolute Gasteiger partial charge is 0.370 e. The maximum absolute atomic E-state index is 12.1. The minimum atomic E-state index is -4.43. The van der Waals surface area contributed by atoms with Gasteiger partial charge in [0, 0.05) is 52.9 Å². The predicted molar refractivity (Wildman–Crippen MR) is 98.7 cm³/mol. The number of ether oxygens (including phenoxy) is 1. The number of hydrogen-bond donors (Lipinski definition) is 2. The number of rotatable bonds is 7. The van der Waals surface area contributed by atoms with Crippen LogP contribution in [0.3, 0.4) is 0 Å². The van der Waals surface area contributed by atoms with Crippen LogP contribution in [0, 0.1) is 0 Å². The van der Waals surface area contributed by atoms with Crippen LogP contribution in [0.1, 0.15) is 5.56 Å². The fourth-order valence-electron chi connectivity index (χ4n) is 2.61. The van der Waals surface area contributed by atoms with Gasteiger partial charge in [0.15, 0.2) is 0 Å². The van der Waals surface area contributed by atoms with Crippen LogP contribution in [0.5, 0.6) is 0 Å². The maximum atomic E-state index is 12.1. The molecule has 0 fully saturated rings. The lowest BCUT2D eigenvalue weighted by Gasteiger charge is -2.10. The number of fused-ring (bicyclic) bond motifs is 1. The van der Waals surface area contributed by atoms with E-state index in [1.54, 1.807) is 24.5 Å². The van der Waals surface area contributed by atoms with Gasteiger partial charge in [-0.2, -0.15) is 13.2 Å². The first-order valence-electron chi connectivity index (χ1n) is 8.39. The molecule has 0 saturated carbocycles. The summed E-state index contributed by atoms with van der Waals surface area (Å²) >= 11 is 0. The van der Waals surface area contributed by atoms with Crippen LogP contribution in [-0.2, 0) is 16.1 Å². The summed E-state index contributed by atoms with van der Waals surface area (Å²) in [4.78, 5) is 33.8. The Labute approximate surface area is 161 Å². The van der Waals surface area contributed by atoms with Crippen molar-refractivity contribution in [2.24, 2.45) is 5.73 Å². The molecular formula is C18H16F3N5O3. The molecule has 0 aliphatic rings. The summed E-state index contributed by atoms with van der Waals surface area (Å²) in [7, 11) is 0. The molecular weight excluding hydrogens is 391 g/mol. The molecule has 3 aromatic rings. The largest absolute Gasteiger partial charge is 0.411 e. The first kappa shape index (κ1) is 20.3. The number of alkyl halides is 3. The van der Waals surface area contributed by atoms with Crippen LogP contribution in [0.15, 0.2) is 41.7 Å². The number of pyridine rings is 1. The molecule has 8 nitrogen and oxygen atoms in total. The SMILES string of the molecule is NC(=O)/C=C/c1c[nH]c2ncc(-c3cnc(=O)n(CCOCC(F)(F)F)c3)cc12. The fraction of sp³-hybridized carbons (Fsp3) is 0.222. The number of amides is 1. The maximum Gasteiger partial charge on any atom is 0.411 e. The number of carbonyl (C=O) groups is 1. The summed E-state index contributed by atoms with van der Waals surface area (Å²) in [5, 5.41) is 0.714. The summed E-state index contributed by atoms with van der Waals surface area (Å²) in [6.07, 6.45) is 4.39. The number of aromatic nitrogens is 4. The average Bonchev–Trinajstić information content (AvgIpc) is 3.06. The van der Waals surface area contributed by atoms with Crippen LogP contribution in [0.25, 0.3) is 28.2 Å². The van der Waals surface area contributed by atoms with E-state index < -0.39 is 24.4 Å². The summed E-state index contributed by atoms with van der Waals surface area (Å²) < 4.78 is 42.1. The highest BCUT2D eigenvalue weighted by atomic mass is 19.4. The minimum Gasteiger partial charge on any atom is -0.370 e. The molecule has 0 aliphatic heterocycles. The number of nitrogens with one attached hydrogen (secondary N) is 1. The number of carbonyl (C=O) groups excluding carboxylic acids is 1. The summed E-state index contributed by atoms with van der Waals surface area (Å²) in [6, 6.07) is 1.78. The first-order chi connectivity index (χ1) is 13.7. The van der Waals surface area contributed by atoms with Gasteiger partial charge in [-0.05, 0) is 12.1 Å². The molecule has 0 atom stereocenters. The Morgan fingerprint density at radius 3 is 2.76 bits per heavy atom. The molecule has 0 aliphatic carbocycles. The molecule has 0 saturated heterocycles. The third-order valence-electron chi connectivity index (χ3n) is 3.92. The lowest BCUT2D eigenvalue weighted by molar-refractivity contribution is -0.174. The molecule has 0 aromatic carbocycles. The number of nitrogens with zero attached hydrogens (tertiary/aromatic N) is 3. The van der Waals surface area contributed by atoms with Crippen LogP contribution < -0.4 is 11.4 Å². The topological polar surface area (TPSA) is 116 Å². The van der Waals surface area contributed by atoms with Gasteiger partial charge in [0.2, 0.25) is 5.91 Å². The third-order valence-corrected chi connectivity index (χ3v) is 3.92. The van der Waals surface area contributed by atoms with Crippen molar-refractivity contribution in [2.75, 3.05) is 13.2 Å². The average molecular weight is 407 g/mol. The Hall–Kier alpha value is -3.47. The van der Waals surface area contributed by atoms with Crippen molar-refractivity contribution in [2.45, 2.75) is 12.7 Å². The number of halogens is 3. The van der Waals surface area contributed by atoms with Crippen LogP contribution >= 0.6 is 0 Å². The zero-order valence-corrected chi connectivity index (χ0v) is 14.9. The van der Waals surface area contributed by atoms with Crippen LogP contribution in [0.4, 0.5) is 13.2 Å². The molecule has 0 spiro atoms. The third kappa shape index (κ3) is 5.29. The Balaban J connectivity index is 1.84. The van der Waals surface area contributed by atoms with Crippen molar-refractivity contribution in [1.29, 1.82) is 0 Å². The monoisotopic (exact) mass is 407 g/mol. The Bertz CT molecular complexity index is 1120. The van der Waals surface area contributed by atoms with Crippen molar-refractivity contribution >= 4 is 23.0 Å². The number of hydrogen-bond acceptors (Lipinski definition) is 5. The van der Waals surface area contributed by atoms with Gasteiger partial charge in [0.25, 0.3) is 0 Å². The van der Waals surface area contributed by atoms with E-state index in [1.807, 2.05) is 0 Å². The van der Waals surface area contributed by atoms with Gasteiger partial charge >= 0.3 is 11.9 Å². The Morgan fingerprint density at radius 2 is 2.03 bits per heavy atom. The van der Waals surface area contributed by atoms with Crippen LogP contribution in [0.2, 0.25) is 0 Å². The number of aromatic amines is 1. The van der Waals surface area contributed by atoms with E-state index in [-0.39, 0.29) is 13.2 Å². The lowest BCUT2D eigenvalue weighted by atomic mass is 10.1. The van der Waals surface area contributed by atoms with Crippen molar-refractivity contribution in [1.82, 2.24) is 19.5 Å². The van der Waals surface area contributed by atoms with E-state index in [4.69, 9.17) is 5.73 Å². The van der Waals surface area contributed by atoms with Gasteiger partial charge < -0.3 is 15.5 Å². The Morgan fingerprint density at radius 1 is 1.28 bits per heavy atom. The zero-order valence-electron chi connectivity index (χ0n) is 14.9. The molecule has 11 heteroatoms. The highest BCUT2D eigenvalue weighted by Crippen LogP contribution is 2.24. The number of H-pyrrole nitrogens is 1. The van der Waals surface area contributed by atoms with Gasteiger partial charge in [0.05, 0.1) is 13.2 Å². The molecule has 0 unspecified atom stereocenters. The van der Waals surface area contributed by atoms with E-state index in [1.165, 1.54) is 23.0 Å². The quantitative estimate of drug-likeness (QED) is 0.458. The molecule has 3 heterocycles. The first-order valence-corrected chi connectivity index (χ1v) is 8.39. The molecule has 3 rings (SSSR count). The molecule has 1 amide bonds.